The highest BCUT2D eigenvalue weighted by Crippen LogP contribution is 2.18. The van der Waals surface area contributed by atoms with Crippen LogP contribution in [0.15, 0.2) is 0 Å². The molecule has 0 fully saturated rings. The molecule has 2 N–H and O–H groups in total. The van der Waals surface area contributed by atoms with E-state index in [1.807, 2.05) is 6.92 Å². The lowest BCUT2D eigenvalue weighted by Gasteiger charge is -2.19. The lowest BCUT2D eigenvalue weighted by molar-refractivity contribution is 0.147. The molecule has 2 unspecified atom stereocenters. The maximum absolute atomic E-state index is 11.3. The van der Waals surface area contributed by atoms with Gasteiger partial charge >= 0.3 is 0 Å². The molecule has 0 radical (unpaired) electrons. The van der Waals surface area contributed by atoms with E-state index in [1.54, 1.807) is 0 Å². The molecule has 140 valence electrons. The maximum atomic E-state index is 11.3. The predicted octanol–water partition coefficient (Wildman–Crippen LogP) is 5.10. The molecule has 5 heteroatoms. The molecule has 2 atom stereocenters. The highest BCUT2D eigenvalue weighted by Gasteiger charge is 2.29. The molecule has 0 heterocycles. The SMILES string of the molecule is CCCCCCCCCCCCCC(O)C(CCC)S(=O)(=O)O. The fourth-order valence-electron chi connectivity index (χ4n) is 3.03. The van der Waals surface area contributed by atoms with Crippen LogP contribution < -0.4 is 0 Å². The summed E-state index contributed by atoms with van der Waals surface area (Å²) in [4.78, 5) is 0. The molecule has 23 heavy (non-hydrogen) atoms. The highest BCUT2D eigenvalue weighted by molar-refractivity contribution is 7.86. The zero-order valence-electron chi connectivity index (χ0n) is 15.2. The van der Waals surface area contributed by atoms with Gasteiger partial charge in [0.1, 0.15) is 5.25 Å². The molecular weight excluding hydrogens is 312 g/mol. The van der Waals surface area contributed by atoms with Crippen molar-refractivity contribution in [3.8, 4) is 0 Å². The molecule has 0 amide bonds. The lowest BCUT2D eigenvalue weighted by Crippen LogP contribution is -2.33. The van der Waals surface area contributed by atoms with Gasteiger partial charge in [0.2, 0.25) is 0 Å². The Kier molecular flexibility index (Phi) is 14.2. The van der Waals surface area contributed by atoms with Gasteiger partial charge in [0, 0.05) is 0 Å². The Morgan fingerprint density at radius 3 is 1.52 bits per heavy atom. The normalized spacial score (nSPS) is 14.8. The van der Waals surface area contributed by atoms with Gasteiger partial charge in [-0.2, -0.15) is 8.42 Å². The van der Waals surface area contributed by atoms with Gasteiger partial charge in [0.25, 0.3) is 10.1 Å². The minimum absolute atomic E-state index is 0.317. The Morgan fingerprint density at radius 2 is 1.13 bits per heavy atom. The van der Waals surface area contributed by atoms with Crippen molar-refractivity contribution in [2.45, 2.75) is 115 Å². The molecule has 0 bridgehead atoms. The van der Waals surface area contributed by atoms with Crippen LogP contribution in [0.4, 0.5) is 0 Å². The number of hydrogen-bond donors (Lipinski definition) is 2. The zero-order valence-corrected chi connectivity index (χ0v) is 16.0. The molecule has 0 aromatic carbocycles. The van der Waals surface area contributed by atoms with Crippen molar-refractivity contribution in [2.24, 2.45) is 0 Å². The summed E-state index contributed by atoms with van der Waals surface area (Å²) in [6.07, 6.45) is 14.0. The quantitative estimate of drug-likeness (QED) is 0.300. The molecule has 0 aliphatic heterocycles. The van der Waals surface area contributed by atoms with Gasteiger partial charge in [-0.25, -0.2) is 0 Å². The van der Waals surface area contributed by atoms with Gasteiger partial charge in [-0.1, -0.05) is 90.9 Å². The first-order valence-corrected chi connectivity index (χ1v) is 11.1. The Morgan fingerprint density at radius 1 is 0.696 bits per heavy atom. The van der Waals surface area contributed by atoms with Crippen LogP contribution in [0.3, 0.4) is 0 Å². The third-order valence-corrected chi connectivity index (χ3v) is 5.80. The Bertz CT molecular complexity index is 354. The van der Waals surface area contributed by atoms with Gasteiger partial charge < -0.3 is 5.11 Å². The molecule has 0 aromatic rings. The van der Waals surface area contributed by atoms with E-state index in [1.165, 1.54) is 51.4 Å². The summed E-state index contributed by atoms with van der Waals surface area (Å²) < 4.78 is 31.7. The third kappa shape index (κ3) is 12.9. The van der Waals surface area contributed by atoms with Crippen LogP contribution in [0, 0.1) is 0 Å². The van der Waals surface area contributed by atoms with Gasteiger partial charge in [0.05, 0.1) is 6.10 Å². The standard InChI is InChI=1S/C18H38O4S/c1-3-5-6-7-8-9-10-11-12-13-14-16-17(19)18(15-4-2)23(20,21)22/h17-19H,3-16H2,1-2H3,(H,20,21,22). The van der Waals surface area contributed by atoms with Crippen LogP contribution in [0.25, 0.3) is 0 Å². The van der Waals surface area contributed by atoms with Crippen LogP contribution in [0.2, 0.25) is 0 Å². The molecule has 0 saturated heterocycles. The molecule has 0 aliphatic rings. The second kappa shape index (κ2) is 14.2. The van der Waals surface area contributed by atoms with E-state index in [9.17, 15) is 13.5 Å². The van der Waals surface area contributed by atoms with Crippen LogP contribution in [-0.4, -0.2) is 29.4 Å². The maximum Gasteiger partial charge on any atom is 0.270 e. The molecule has 0 aliphatic carbocycles. The topological polar surface area (TPSA) is 74.6 Å². The zero-order chi connectivity index (χ0) is 17.6. The van der Waals surface area contributed by atoms with Crippen LogP contribution >= 0.6 is 0 Å². The first-order chi connectivity index (χ1) is 10.9. The van der Waals surface area contributed by atoms with E-state index in [0.717, 1.165) is 19.3 Å². The lowest BCUT2D eigenvalue weighted by atomic mass is 10.0. The van der Waals surface area contributed by atoms with Crippen molar-refractivity contribution in [1.82, 2.24) is 0 Å². The summed E-state index contributed by atoms with van der Waals surface area (Å²) in [5, 5.41) is 8.96. The summed E-state index contributed by atoms with van der Waals surface area (Å²) >= 11 is 0. The Hall–Kier alpha value is -0.130. The van der Waals surface area contributed by atoms with Crippen molar-refractivity contribution in [1.29, 1.82) is 0 Å². The number of unbranched alkanes of at least 4 members (excludes halogenated alkanes) is 10. The van der Waals surface area contributed by atoms with Crippen LogP contribution in [0.5, 0.6) is 0 Å². The predicted molar refractivity (Wildman–Crippen MR) is 97.3 cm³/mol. The van der Waals surface area contributed by atoms with Gasteiger partial charge in [0.15, 0.2) is 0 Å². The molecular formula is C18H38O4S. The first-order valence-electron chi connectivity index (χ1n) is 9.57. The number of rotatable bonds is 16. The van der Waals surface area contributed by atoms with Gasteiger partial charge in [-0.3, -0.25) is 4.55 Å². The van der Waals surface area contributed by atoms with E-state index in [0.29, 0.717) is 19.3 Å². The smallest absolute Gasteiger partial charge is 0.270 e. The fraction of sp³-hybridized carbons (Fsp3) is 1.00. The highest BCUT2D eigenvalue weighted by atomic mass is 32.2. The summed E-state index contributed by atoms with van der Waals surface area (Å²) in [5.41, 5.74) is 0. The van der Waals surface area contributed by atoms with Crippen LogP contribution in [0.1, 0.15) is 104 Å². The molecule has 0 rings (SSSR count). The second-order valence-corrected chi connectivity index (χ2v) is 8.37. The van der Waals surface area contributed by atoms with Gasteiger partial charge in [-0.15, -0.1) is 0 Å². The average molecular weight is 351 g/mol. The molecule has 0 saturated carbocycles. The van der Waals surface area contributed by atoms with Crippen molar-refractivity contribution in [2.75, 3.05) is 0 Å². The van der Waals surface area contributed by atoms with Crippen molar-refractivity contribution in [3.63, 3.8) is 0 Å². The fourth-order valence-corrected chi connectivity index (χ4v) is 4.09. The number of aliphatic hydroxyl groups excluding tert-OH is 1. The van der Waals surface area contributed by atoms with Gasteiger partial charge in [-0.05, 0) is 12.8 Å². The first kappa shape index (κ1) is 22.9. The molecule has 0 aromatic heterocycles. The third-order valence-electron chi connectivity index (χ3n) is 4.49. The monoisotopic (exact) mass is 350 g/mol. The molecule has 0 spiro atoms. The average Bonchev–Trinajstić information content (AvgIpc) is 2.48. The largest absolute Gasteiger partial charge is 0.392 e. The van der Waals surface area contributed by atoms with E-state index in [4.69, 9.17) is 4.55 Å². The van der Waals surface area contributed by atoms with Crippen LogP contribution in [-0.2, 0) is 10.1 Å². The van der Waals surface area contributed by atoms with Crippen molar-refractivity contribution < 1.29 is 18.1 Å². The Balaban J connectivity index is 3.59. The Labute approximate surface area is 143 Å². The summed E-state index contributed by atoms with van der Waals surface area (Å²) in [6.45, 7) is 4.09. The second-order valence-electron chi connectivity index (χ2n) is 6.73. The summed E-state index contributed by atoms with van der Waals surface area (Å²) in [6, 6.07) is 0. The minimum Gasteiger partial charge on any atom is -0.392 e. The number of hydrogen-bond acceptors (Lipinski definition) is 3. The summed E-state index contributed by atoms with van der Waals surface area (Å²) in [7, 11) is -4.14. The van der Waals surface area contributed by atoms with Crippen molar-refractivity contribution in [3.05, 3.63) is 0 Å². The molecule has 4 nitrogen and oxygen atoms in total. The van der Waals surface area contributed by atoms with E-state index < -0.39 is 21.5 Å². The van der Waals surface area contributed by atoms with E-state index >= 15 is 0 Å². The minimum atomic E-state index is -4.14. The van der Waals surface area contributed by atoms with Crippen molar-refractivity contribution >= 4 is 10.1 Å². The van der Waals surface area contributed by atoms with E-state index in [2.05, 4.69) is 6.92 Å². The van der Waals surface area contributed by atoms with E-state index in [-0.39, 0.29) is 0 Å². The summed E-state index contributed by atoms with van der Waals surface area (Å²) in [5.74, 6) is 0. The number of aliphatic hydroxyl groups is 1.